The zero-order chi connectivity index (χ0) is 20.5. The van der Waals surface area contributed by atoms with Gasteiger partial charge in [-0.1, -0.05) is 0 Å². The zero-order valence-electron chi connectivity index (χ0n) is 14.9. The van der Waals surface area contributed by atoms with Gasteiger partial charge in [-0.3, -0.25) is 4.98 Å². The maximum absolute atomic E-state index is 12.7. The minimum Gasteiger partial charge on any atom is -0.497 e. The van der Waals surface area contributed by atoms with Gasteiger partial charge in [-0.05, 0) is 25.1 Å². The highest BCUT2D eigenvalue weighted by atomic mass is 32.2. The van der Waals surface area contributed by atoms with E-state index in [1.54, 1.807) is 18.2 Å². The van der Waals surface area contributed by atoms with E-state index in [4.69, 9.17) is 9.47 Å². The second-order valence-corrected chi connectivity index (χ2v) is 7.87. The summed E-state index contributed by atoms with van der Waals surface area (Å²) in [6, 6.07) is 6.12. The summed E-state index contributed by atoms with van der Waals surface area (Å²) in [7, 11) is -2.44. The molecule has 0 fully saturated rings. The summed E-state index contributed by atoms with van der Waals surface area (Å²) in [6.07, 6.45) is -3.30. The summed E-state index contributed by atoms with van der Waals surface area (Å²) < 4.78 is 72.4. The molecule has 1 aromatic carbocycles. The van der Waals surface area contributed by atoms with E-state index in [0.29, 0.717) is 16.8 Å². The largest absolute Gasteiger partial charge is 0.497 e. The highest BCUT2D eigenvalue weighted by Gasteiger charge is 2.29. The third kappa shape index (κ3) is 4.35. The standard InChI is InChI=1S/C17H16F3N3O4S/c1-10-14(21-6-5-15(10)27-9-17(18,19)20)8-28(24,25)16-22-12-4-3-11(26-2)7-13(12)23-16/h3-7H,8-9H2,1-2H3,(H,22,23). The van der Waals surface area contributed by atoms with Crippen LogP contribution in [-0.2, 0) is 15.6 Å². The fraction of sp³-hybridized carbons (Fsp3) is 0.294. The third-order valence-electron chi connectivity index (χ3n) is 3.94. The van der Waals surface area contributed by atoms with Gasteiger partial charge in [-0.2, -0.15) is 13.2 Å². The lowest BCUT2D eigenvalue weighted by molar-refractivity contribution is -0.153. The van der Waals surface area contributed by atoms with Crippen molar-refractivity contribution in [3.05, 3.63) is 41.7 Å². The first kappa shape index (κ1) is 19.9. The van der Waals surface area contributed by atoms with Gasteiger partial charge in [-0.15, -0.1) is 0 Å². The molecule has 0 aliphatic heterocycles. The maximum atomic E-state index is 12.7. The Balaban J connectivity index is 1.88. The van der Waals surface area contributed by atoms with Crippen LogP contribution in [0.25, 0.3) is 11.0 Å². The van der Waals surface area contributed by atoms with Crippen LogP contribution in [0, 0.1) is 6.92 Å². The molecule has 0 radical (unpaired) electrons. The number of ether oxygens (including phenoxy) is 2. The Morgan fingerprint density at radius 3 is 2.64 bits per heavy atom. The van der Waals surface area contributed by atoms with Gasteiger partial charge >= 0.3 is 6.18 Å². The normalized spacial score (nSPS) is 12.3. The van der Waals surface area contributed by atoms with Gasteiger partial charge in [0.1, 0.15) is 17.3 Å². The molecule has 1 N–H and O–H groups in total. The van der Waals surface area contributed by atoms with Crippen LogP contribution >= 0.6 is 0 Å². The molecule has 7 nitrogen and oxygen atoms in total. The number of pyridine rings is 1. The van der Waals surface area contributed by atoms with E-state index in [2.05, 4.69) is 15.0 Å². The molecule has 28 heavy (non-hydrogen) atoms. The van der Waals surface area contributed by atoms with Crippen LogP contribution in [0.5, 0.6) is 11.5 Å². The minimum atomic E-state index is -4.50. The lowest BCUT2D eigenvalue weighted by Gasteiger charge is -2.13. The van der Waals surface area contributed by atoms with E-state index in [1.807, 2.05) is 0 Å². The number of hydrogen-bond acceptors (Lipinski definition) is 6. The average Bonchev–Trinajstić information content (AvgIpc) is 3.05. The van der Waals surface area contributed by atoms with Gasteiger partial charge in [-0.25, -0.2) is 13.4 Å². The number of fused-ring (bicyclic) bond motifs is 1. The smallest absolute Gasteiger partial charge is 0.422 e. The van der Waals surface area contributed by atoms with Crippen LogP contribution in [-0.4, -0.2) is 43.3 Å². The Bertz CT molecular complexity index is 1110. The number of methoxy groups -OCH3 is 1. The topological polar surface area (TPSA) is 94.2 Å². The fourth-order valence-corrected chi connectivity index (χ4v) is 3.80. The number of rotatable bonds is 6. The molecule has 2 heterocycles. The van der Waals surface area contributed by atoms with Crippen molar-refractivity contribution < 1.29 is 31.1 Å². The van der Waals surface area contributed by atoms with Crippen molar-refractivity contribution in [1.29, 1.82) is 0 Å². The molecule has 0 spiro atoms. The molecule has 0 amide bonds. The summed E-state index contributed by atoms with van der Waals surface area (Å²) in [5.74, 6) is -0.0853. The number of H-pyrrole nitrogens is 1. The van der Waals surface area contributed by atoms with Crippen molar-refractivity contribution >= 4 is 20.9 Å². The number of imidazole rings is 1. The van der Waals surface area contributed by atoms with Gasteiger partial charge in [0, 0.05) is 17.8 Å². The molecule has 0 aliphatic carbocycles. The minimum absolute atomic E-state index is 0.0770. The second-order valence-electron chi connectivity index (χ2n) is 5.97. The van der Waals surface area contributed by atoms with Gasteiger partial charge in [0.2, 0.25) is 15.0 Å². The fourth-order valence-electron chi connectivity index (χ4n) is 2.51. The summed E-state index contributed by atoms with van der Waals surface area (Å²) in [5.41, 5.74) is 1.21. The van der Waals surface area contributed by atoms with Crippen LogP contribution in [0.2, 0.25) is 0 Å². The Kier molecular flexibility index (Phi) is 5.20. The number of benzene rings is 1. The highest BCUT2D eigenvalue weighted by Crippen LogP contribution is 2.26. The Hall–Kier alpha value is -2.82. The molecular weight excluding hydrogens is 399 g/mol. The predicted molar refractivity (Wildman–Crippen MR) is 94.1 cm³/mol. The molecule has 3 rings (SSSR count). The van der Waals surface area contributed by atoms with E-state index in [-0.39, 0.29) is 22.2 Å². The first-order chi connectivity index (χ1) is 13.1. The van der Waals surface area contributed by atoms with Crippen LogP contribution in [0.15, 0.2) is 35.6 Å². The van der Waals surface area contributed by atoms with Crippen molar-refractivity contribution in [2.75, 3.05) is 13.7 Å². The van der Waals surface area contributed by atoms with Crippen LogP contribution in [0.1, 0.15) is 11.3 Å². The van der Waals surface area contributed by atoms with Crippen LogP contribution in [0.3, 0.4) is 0 Å². The van der Waals surface area contributed by atoms with E-state index in [0.717, 1.165) is 0 Å². The summed E-state index contributed by atoms with van der Waals surface area (Å²) >= 11 is 0. The monoisotopic (exact) mass is 415 g/mol. The summed E-state index contributed by atoms with van der Waals surface area (Å²) in [6.45, 7) is -0.0253. The van der Waals surface area contributed by atoms with Crippen molar-refractivity contribution in [3.63, 3.8) is 0 Å². The van der Waals surface area contributed by atoms with Crippen LogP contribution in [0.4, 0.5) is 13.2 Å². The number of sulfone groups is 1. The average molecular weight is 415 g/mol. The second kappa shape index (κ2) is 7.30. The van der Waals surface area contributed by atoms with Crippen molar-refractivity contribution in [2.45, 2.75) is 24.0 Å². The maximum Gasteiger partial charge on any atom is 0.422 e. The molecule has 0 saturated heterocycles. The third-order valence-corrected chi connectivity index (χ3v) is 5.37. The first-order valence-electron chi connectivity index (χ1n) is 7.99. The molecule has 11 heteroatoms. The predicted octanol–water partition coefficient (Wildman–Crippen LogP) is 3.19. The Labute approximate surface area is 158 Å². The Morgan fingerprint density at radius 2 is 1.96 bits per heavy atom. The number of aromatic nitrogens is 3. The number of halogens is 3. The van der Waals surface area contributed by atoms with E-state index in [1.165, 1.54) is 26.3 Å². The molecule has 0 saturated carbocycles. The van der Waals surface area contributed by atoms with Gasteiger partial charge in [0.25, 0.3) is 0 Å². The molecular formula is C17H16F3N3O4S. The zero-order valence-corrected chi connectivity index (χ0v) is 15.7. The number of alkyl halides is 3. The highest BCUT2D eigenvalue weighted by molar-refractivity contribution is 7.90. The van der Waals surface area contributed by atoms with E-state index < -0.39 is 28.4 Å². The molecule has 0 aliphatic rings. The van der Waals surface area contributed by atoms with E-state index >= 15 is 0 Å². The van der Waals surface area contributed by atoms with Crippen LogP contribution < -0.4 is 9.47 Å². The number of nitrogens with zero attached hydrogens (tertiary/aromatic N) is 2. The number of hydrogen-bond donors (Lipinski definition) is 1. The SMILES string of the molecule is COc1ccc2nc(S(=O)(=O)Cc3nccc(OCC(F)(F)F)c3C)[nH]c2c1. The van der Waals surface area contributed by atoms with Crippen molar-refractivity contribution in [3.8, 4) is 11.5 Å². The lowest BCUT2D eigenvalue weighted by atomic mass is 10.2. The molecule has 2 aromatic heterocycles. The summed E-state index contributed by atoms with van der Waals surface area (Å²) in [5, 5.41) is -0.265. The lowest BCUT2D eigenvalue weighted by Crippen LogP contribution is -2.20. The first-order valence-corrected chi connectivity index (χ1v) is 9.65. The van der Waals surface area contributed by atoms with Crippen molar-refractivity contribution in [2.24, 2.45) is 0 Å². The van der Waals surface area contributed by atoms with Gasteiger partial charge < -0.3 is 14.5 Å². The molecule has 3 aromatic rings. The number of aromatic amines is 1. The molecule has 0 bridgehead atoms. The number of nitrogens with one attached hydrogen (secondary N) is 1. The molecule has 0 atom stereocenters. The van der Waals surface area contributed by atoms with Gasteiger partial charge in [0.15, 0.2) is 6.61 Å². The molecule has 150 valence electrons. The molecule has 0 unspecified atom stereocenters. The van der Waals surface area contributed by atoms with Crippen molar-refractivity contribution in [1.82, 2.24) is 15.0 Å². The Morgan fingerprint density at radius 1 is 1.21 bits per heavy atom. The quantitative estimate of drug-likeness (QED) is 0.665. The van der Waals surface area contributed by atoms with E-state index in [9.17, 15) is 21.6 Å². The summed E-state index contributed by atoms with van der Waals surface area (Å²) in [4.78, 5) is 10.8. The van der Waals surface area contributed by atoms with Gasteiger partial charge in [0.05, 0.1) is 23.8 Å².